The highest BCUT2D eigenvalue weighted by Gasteiger charge is 2.31. The van der Waals surface area contributed by atoms with Gasteiger partial charge in [-0.3, -0.25) is 4.79 Å². The van der Waals surface area contributed by atoms with Crippen LogP contribution in [0.25, 0.3) is 0 Å². The molecule has 182 valence electrons. The lowest BCUT2D eigenvalue weighted by Crippen LogP contribution is -2.45. The first-order valence-corrected chi connectivity index (χ1v) is 13.0. The van der Waals surface area contributed by atoms with Gasteiger partial charge in [-0.1, -0.05) is 53.7 Å². The maximum absolute atomic E-state index is 13.2. The van der Waals surface area contributed by atoms with Crippen LogP contribution in [0.15, 0.2) is 12.1 Å². The summed E-state index contributed by atoms with van der Waals surface area (Å²) in [6, 6.07) is 4.23. The minimum Gasteiger partial charge on any atom is -0.507 e. The zero-order valence-corrected chi connectivity index (χ0v) is 22.4. The van der Waals surface area contributed by atoms with E-state index in [1.54, 1.807) is 11.8 Å². The predicted octanol–water partition coefficient (Wildman–Crippen LogP) is 4.02. The van der Waals surface area contributed by atoms with Crippen LogP contribution < -0.4 is 5.32 Å². The van der Waals surface area contributed by atoms with E-state index in [1.165, 1.54) is 0 Å². The number of carbonyl (C=O) groups excluding carboxylic acids is 1. The van der Waals surface area contributed by atoms with Crippen LogP contribution in [0.4, 0.5) is 0 Å². The highest BCUT2D eigenvalue weighted by atomic mass is 32.2. The SMILES string of the molecule is CN(C)CCNCCCN1CCSC(Cc2cc(C(C)(C)C)c(O)c(C(C)(C)C)c2)C1=O. The van der Waals surface area contributed by atoms with E-state index in [2.05, 4.69) is 78.0 Å². The molecule has 1 aromatic carbocycles. The number of hydrogen-bond acceptors (Lipinski definition) is 5. The largest absolute Gasteiger partial charge is 0.507 e. The molecule has 1 fully saturated rings. The Bertz CT molecular complexity index is 730. The zero-order valence-electron chi connectivity index (χ0n) is 21.5. The maximum Gasteiger partial charge on any atom is 0.236 e. The van der Waals surface area contributed by atoms with Crippen molar-refractivity contribution in [3.63, 3.8) is 0 Å². The van der Waals surface area contributed by atoms with Crippen molar-refractivity contribution in [2.24, 2.45) is 0 Å². The van der Waals surface area contributed by atoms with E-state index in [4.69, 9.17) is 0 Å². The Morgan fingerprint density at radius 2 is 1.69 bits per heavy atom. The topological polar surface area (TPSA) is 55.8 Å². The summed E-state index contributed by atoms with van der Waals surface area (Å²) in [5, 5.41) is 14.4. The fourth-order valence-corrected chi connectivity index (χ4v) is 5.26. The minimum absolute atomic E-state index is 0.0457. The summed E-state index contributed by atoms with van der Waals surface area (Å²) in [6.45, 7) is 17.4. The molecule has 1 aliphatic rings. The molecule has 1 saturated heterocycles. The lowest BCUT2D eigenvalue weighted by molar-refractivity contribution is -0.130. The Hall–Kier alpha value is -1.24. The lowest BCUT2D eigenvalue weighted by Gasteiger charge is -2.33. The molecule has 0 bridgehead atoms. The number of benzene rings is 1. The van der Waals surface area contributed by atoms with E-state index < -0.39 is 0 Å². The number of carbonyl (C=O) groups is 1. The molecule has 5 nitrogen and oxygen atoms in total. The van der Waals surface area contributed by atoms with E-state index in [1.807, 2.05) is 4.90 Å². The van der Waals surface area contributed by atoms with Crippen LogP contribution in [0, 0.1) is 0 Å². The van der Waals surface area contributed by atoms with Gasteiger partial charge in [-0.05, 0) is 61.0 Å². The van der Waals surface area contributed by atoms with Crippen LogP contribution in [0.3, 0.4) is 0 Å². The molecule has 1 unspecified atom stereocenters. The standard InChI is InChI=1S/C26H45N3O2S/c1-25(2,3)20-16-19(17-21(23(20)30)26(4,5)6)18-22-24(31)29(14-15-32-22)12-9-10-27-11-13-28(7)8/h16-17,22,27,30H,9-15,18H2,1-8H3. The van der Waals surface area contributed by atoms with E-state index >= 15 is 0 Å². The number of phenols is 1. The summed E-state index contributed by atoms with van der Waals surface area (Å²) in [5.41, 5.74) is 2.77. The van der Waals surface area contributed by atoms with Crippen LogP contribution in [0.1, 0.15) is 64.7 Å². The zero-order chi connectivity index (χ0) is 24.1. The van der Waals surface area contributed by atoms with E-state index in [9.17, 15) is 9.90 Å². The first-order valence-electron chi connectivity index (χ1n) is 11.9. The van der Waals surface area contributed by atoms with Gasteiger partial charge in [0.05, 0.1) is 5.25 Å². The molecule has 0 saturated carbocycles. The fourth-order valence-electron chi connectivity index (χ4n) is 4.05. The van der Waals surface area contributed by atoms with Crippen molar-refractivity contribution in [3.05, 3.63) is 28.8 Å². The van der Waals surface area contributed by atoms with Gasteiger partial charge in [-0.25, -0.2) is 0 Å². The van der Waals surface area contributed by atoms with Crippen LogP contribution in [0.2, 0.25) is 0 Å². The van der Waals surface area contributed by atoms with Crippen molar-refractivity contribution in [1.82, 2.24) is 15.1 Å². The van der Waals surface area contributed by atoms with Gasteiger partial charge in [0.1, 0.15) is 5.75 Å². The molecule has 6 heteroatoms. The molecular weight excluding hydrogens is 418 g/mol. The van der Waals surface area contributed by atoms with Crippen molar-refractivity contribution in [3.8, 4) is 5.75 Å². The summed E-state index contributed by atoms with van der Waals surface area (Å²) < 4.78 is 0. The van der Waals surface area contributed by atoms with Crippen molar-refractivity contribution in [1.29, 1.82) is 0 Å². The smallest absolute Gasteiger partial charge is 0.236 e. The molecule has 1 amide bonds. The molecule has 1 aromatic rings. The predicted molar refractivity (Wildman–Crippen MR) is 138 cm³/mol. The number of thioether (sulfide) groups is 1. The third-order valence-corrected chi connectivity index (χ3v) is 7.18. The van der Waals surface area contributed by atoms with Gasteiger partial charge in [0, 0.05) is 31.9 Å². The first-order chi connectivity index (χ1) is 14.8. The van der Waals surface area contributed by atoms with Gasteiger partial charge in [-0.2, -0.15) is 0 Å². The van der Waals surface area contributed by atoms with Crippen molar-refractivity contribution >= 4 is 17.7 Å². The molecule has 32 heavy (non-hydrogen) atoms. The van der Waals surface area contributed by atoms with Gasteiger partial charge in [0.25, 0.3) is 0 Å². The van der Waals surface area contributed by atoms with E-state index in [0.29, 0.717) is 12.2 Å². The number of nitrogens with zero attached hydrogens (tertiary/aromatic N) is 2. The van der Waals surface area contributed by atoms with Crippen LogP contribution in [-0.4, -0.2) is 78.6 Å². The van der Waals surface area contributed by atoms with E-state index in [0.717, 1.165) is 61.6 Å². The number of likely N-dealkylation sites (N-methyl/N-ethyl adjacent to an activating group) is 1. The Balaban J connectivity index is 2.07. The summed E-state index contributed by atoms with van der Waals surface area (Å²) in [6.07, 6.45) is 1.70. The Kier molecular flexibility index (Phi) is 9.50. The molecule has 0 spiro atoms. The number of rotatable bonds is 9. The van der Waals surface area contributed by atoms with Crippen molar-refractivity contribution in [2.45, 2.75) is 70.5 Å². The average Bonchev–Trinajstić information content (AvgIpc) is 2.66. The van der Waals surface area contributed by atoms with Crippen LogP contribution >= 0.6 is 11.8 Å². The maximum atomic E-state index is 13.2. The molecule has 0 aliphatic carbocycles. The molecule has 1 heterocycles. The van der Waals surface area contributed by atoms with Crippen molar-refractivity contribution in [2.75, 3.05) is 52.6 Å². The number of aromatic hydroxyl groups is 1. The summed E-state index contributed by atoms with van der Waals surface area (Å²) in [5.74, 6) is 1.65. The van der Waals surface area contributed by atoms with Crippen LogP contribution in [-0.2, 0) is 22.0 Å². The fraction of sp³-hybridized carbons (Fsp3) is 0.731. The van der Waals surface area contributed by atoms with Crippen molar-refractivity contribution < 1.29 is 9.90 Å². The molecular formula is C26H45N3O2S. The van der Waals surface area contributed by atoms with Gasteiger partial charge < -0.3 is 20.2 Å². The first kappa shape index (κ1) is 27.0. The molecule has 0 aromatic heterocycles. The quantitative estimate of drug-likeness (QED) is 0.542. The highest BCUT2D eigenvalue weighted by molar-refractivity contribution is 8.00. The lowest BCUT2D eigenvalue weighted by atomic mass is 9.78. The number of phenolic OH excluding ortho intramolecular Hbond substituents is 1. The Morgan fingerprint density at radius 1 is 1.09 bits per heavy atom. The molecule has 2 N–H and O–H groups in total. The summed E-state index contributed by atoms with van der Waals surface area (Å²) in [7, 11) is 4.16. The monoisotopic (exact) mass is 463 g/mol. The Labute approximate surface area is 200 Å². The highest BCUT2D eigenvalue weighted by Crippen LogP contribution is 2.40. The second kappa shape index (κ2) is 11.3. The molecule has 1 atom stereocenters. The number of amides is 1. The van der Waals surface area contributed by atoms with Gasteiger partial charge in [0.2, 0.25) is 5.91 Å². The third-order valence-electron chi connectivity index (χ3n) is 5.99. The molecule has 0 radical (unpaired) electrons. The normalized spacial score (nSPS) is 18.0. The van der Waals surface area contributed by atoms with Gasteiger partial charge in [0.15, 0.2) is 0 Å². The summed E-state index contributed by atoms with van der Waals surface area (Å²) >= 11 is 1.78. The molecule has 1 aliphatic heterocycles. The van der Waals surface area contributed by atoms with Crippen LogP contribution in [0.5, 0.6) is 5.75 Å². The minimum atomic E-state index is -0.157. The average molecular weight is 464 g/mol. The number of hydrogen-bond donors (Lipinski definition) is 2. The van der Waals surface area contributed by atoms with Gasteiger partial charge in [-0.15, -0.1) is 11.8 Å². The second-order valence-corrected chi connectivity index (χ2v) is 12.6. The summed E-state index contributed by atoms with van der Waals surface area (Å²) in [4.78, 5) is 17.4. The second-order valence-electron chi connectivity index (χ2n) is 11.3. The van der Waals surface area contributed by atoms with Gasteiger partial charge >= 0.3 is 0 Å². The molecule has 2 rings (SSSR count). The van der Waals surface area contributed by atoms with E-state index in [-0.39, 0.29) is 22.0 Å². The number of nitrogens with one attached hydrogen (secondary N) is 1. The third kappa shape index (κ3) is 7.67. The Morgan fingerprint density at radius 3 is 2.22 bits per heavy atom.